The molecule has 1 saturated heterocycles. The number of imidazole rings is 1. The van der Waals surface area contributed by atoms with E-state index in [1.807, 2.05) is 6.26 Å². The molecule has 176 valence electrons. The zero-order chi connectivity index (χ0) is 23.4. The first-order chi connectivity index (χ1) is 15.2. The van der Waals surface area contributed by atoms with E-state index in [4.69, 9.17) is 16.2 Å². The van der Waals surface area contributed by atoms with Gasteiger partial charge in [0.1, 0.15) is 47.7 Å². The highest BCUT2D eigenvalue weighted by Crippen LogP contribution is 2.32. The highest BCUT2D eigenvalue weighted by molar-refractivity contribution is 7.96. The smallest absolute Gasteiger partial charge is 0.326 e. The molecule has 1 aliphatic rings. The van der Waals surface area contributed by atoms with Crippen molar-refractivity contribution in [3.05, 3.63) is 12.7 Å². The van der Waals surface area contributed by atoms with Crippen LogP contribution in [0, 0.1) is 0 Å². The van der Waals surface area contributed by atoms with Crippen LogP contribution in [-0.4, -0.2) is 95.4 Å². The number of nitrogens with two attached hydrogens (primary N) is 2. The number of nitrogens with one attached hydrogen (secondary N) is 1. The Kier molecular flexibility index (Phi) is 7.84. The predicted octanol–water partition coefficient (Wildman–Crippen LogP) is -2.42. The highest BCUT2D eigenvalue weighted by atomic mass is 32.2. The van der Waals surface area contributed by atoms with Gasteiger partial charge in [-0.15, -0.1) is 0 Å². The Morgan fingerprint density at radius 1 is 1.31 bits per heavy atom. The van der Waals surface area contributed by atoms with E-state index in [0.29, 0.717) is 22.7 Å². The number of aliphatic carboxylic acids is 1. The molecule has 0 bridgehead atoms. The monoisotopic (exact) mass is 470 g/mol. The standard InChI is InChI=1S/C18H27N7O6S/c1-32(5-3-9(18(29)30)24-11(26)2-4-19)6-10-13(27)14(28)17(31-10)25-8-23-12-15(20)21-7-22-16(12)25/h7-10,13-14,17,27-28H,2-6,19H2,1H3,(H3-,20,21,22,24,26,29,30)/p+1/t9-,10+,13+,14+,17+,32?/m0/s1. The number of carbonyl (C=O) groups is 2. The summed E-state index contributed by atoms with van der Waals surface area (Å²) in [5, 5.41) is 32.9. The van der Waals surface area contributed by atoms with E-state index in [0.717, 1.165) is 0 Å². The number of rotatable bonds is 10. The van der Waals surface area contributed by atoms with Crippen LogP contribution in [0.5, 0.6) is 0 Å². The number of carboxylic acids is 1. The Balaban J connectivity index is 1.60. The summed E-state index contributed by atoms with van der Waals surface area (Å²) >= 11 is 0. The van der Waals surface area contributed by atoms with Crippen LogP contribution in [0.4, 0.5) is 5.82 Å². The fourth-order valence-corrected chi connectivity index (χ4v) is 5.13. The van der Waals surface area contributed by atoms with Gasteiger partial charge >= 0.3 is 5.97 Å². The minimum atomic E-state index is -1.21. The number of hydrogen-bond acceptors (Lipinski definition) is 10. The third kappa shape index (κ3) is 5.27. The molecule has 1 aliphatic heterocycles. The zero-order valence-electron chi connectivity index (χ0n) is 17.5. The van der Waals surface area contributed by atoms with Crippen LogP contribution in [0.2, 0.25) is 0 Å². The Bertz CT molecular complexity index is 959. The van der Waals surface area contributed by atoms with Crippen molar-refractivity contribution in [1.82, 2.24) is 24.8 Å². The Hall–Kier alpha value is -2.52. The van der Waals surface area contributed by atoms with Gasteiger partial charge in [0.15, 0.2) is 17.7 Å². The molecule has 3 rings (SSSR count). The van der Waals surface area contributed by atoms with Crippen LogP contribution in [0.3, 0.4) is 0 Å². The van der Waals surface area contributed by atoms with Gasteiger partial charge in [0.05, 0.1) is 12.6 Å². The summed E-state index contributed by atoms with van der Waals surface area (Å²) in [5.74, 6) is -0.436. The third-order valence-corrected chi connectivity index (χ3v) is 7.04. The van der Waals surface area contributed by atoms with Crippen molar-refractivity contribution in [3.8, 4) is 0 Å². The molecule has 0 aromatic carbocycles. The Labute approximate surface area is 186 Å². The number of amides is 1. The number of hydrogen-bond donors (Lipinski definition) is 6. The maximum absolute atomic E-state index is 11.7. The molecule has 2 aromatic heterocycles. The minimum Gasteiger partial charge on any atom is -0.480 e. The molecule has 2 aromatic rings. The van der Waals surface area contributed by atoms with Crippen molar-refractivity contribution < 1.29 is 29.6 Å². The van der Waals surface area contributed by atoms with E-state index in [1.54, 1.807) is 0 Å². The first-order valence-electron chi connectivity index (χ1n) is 9.99. The lowest BCUT2D eigenvalue weighted by molar-refractivity contribution is -0.141. The van der Waals surface area contributed by atoms with Gasteiger partial charge in [-0.3, -0.25) is 9.36 Å². The van der Waals surface area contributed by atoms with Gasteiger partial charge < -0.3 is 36.8 Å². The summed E-state index contributed by atoms with van der Waals surface area (Å²) in [5.41, 5.74) is 11.9. The molecule has 0 saturated carbocycles. The number of nitrogen functional groups attached to an aromatic ring is 1. The van der Waals surface area contributed by atoms with Crippen molar-refractivity contribution in [1.29, 1.82) is 0 Å². The lowest BCUT2D eigenvalue weighted by atomic mass is 10.1. The molecule has 0 spiro atoms. The summed E-state index contributed by atoms with van der Waals surface area (Å²) in [6.45, 7) is 0.140. The van der Waals surface area contributed by atoms with E-state index in [-0.39, 0.29) is 36.1 Å². The van der Waals surface area contributed by atoms with Crippen LogP contribution in [0.15, 0.2) is 12.7 Å². The molecule has 0 aliphatic carbocycles. The maximum atomic E-state index is 11.7. The van der Waals surface area contributed by atoms with Crippen LogP contribution in [0.1, 0.15) is 19.1 Å². The summed E-state index contributed by atoms with van der Waals surface area (Å²) in [4.78, 5) is 35.3. The lowest BCUT2D eigenvalue weighted by Crippen LogP contribution is -2.43. The van der Waals surface area contributed by atoms with E-state index in [1.165, 1.54) is 17.2 Å². The molecule has 14 heteroatoms. The molecule has 32 heavy (non-hydrogen) atoms. The van der Waals surface area contributed by atoms with Crippen LogP contribution >= 0.6 is 0 Å². The molecular weight excluding hydrogens is 442 g/mol. The molecule has 6 atom stereocenters. The van der Waals surface area contributed by atoms with Gasteiger partial charge in [0, 0.05) is 19.4 Å². The van der Waals surface area contributed by atoms with E-state index < -0.39 is 42.5 Å². The molecule has 1 fully saturated rings. The van der Waals surface area contributed by atoms with Gasteiger partial charge in [-0.25, -0.2) is 19.7 Å². The number of aromatic nitrogens is 4. The first-order valence-corrected chi connectivity index (χ1v) is 12.0. The summed E-state index contributed by atoms with van der Waals surface area (Å²) in [6.07, 6.45) is 0.954. The van der Waals surface area contributed by atoms with Crippen molar-refractivity contribution in [2.75, 3.05) is 30.0 Å². The van der Waals surface area contributed by atoms with E-state index >= 15 is 0 Å². The second-order valence-corrected chi connectivity index (χ2v) is 9.87. The number of nitrogens with zero attached hydrogens (tertiary/aromatic N) is 4. The Morgan fingerprint density at radius 2 is 2.06 bits per heavy atom. The third-order valence-electron chi connectivity index (χ3n) is 5.21. The van der Waals surface area contributed by atoms with Gasteiger partial charge in [-0.05, 0) is 10.9 Å². The van der Waals surface area contributed by atoms with Gasteiger partial charge in [-0.2, -0.15) is 0 Å². The largest absolute Gasteiger partial charge is 0.480 e. The first kappa shape index (κ1) is 24.1. The minimum absolute atomic E-state index is 0.0580. The molecule has 0 radical (unpaired) electrons. The summed E-state index contributed by atoms with van der Waals surface area (Å²) in [6, 6.07) is -1.01. The number of carbonyl (C=O) groups excluding carboxylic acids is 1. The second kappa shape index (κ2) is 10.4. The molecule has 1 unspecified atom stereocenters. The van der Waals surface area contributed by atoms with E-state index in [2.05, 4.69) is 20.3 Å². The summed E-state index contributed by atoms with van der Waals surface area (Å²) in [7, 11) is -0.350. The van der Waals surface area contributed by atoms with Crippen molar-refractivity contribution >= 4 is 39.8 Å². The van der Waals surface area contributed by atoms with Crippen molar-refractivity contribution in [3.63, 3.8) is 0 Å². The van der Waals surface area contributed by atoms with E-state index in [9.17, 15) is 24.9 Å². The highest BCUT2D eigenvalue weighted by Gasteiger charge is 2.46. The molecule has 3 heterocycles. The fraction of sp³-hybridized carbons (Fsp3) is 0.611. The molecule has 1 amide bonds. The Morgan fingerprint density at radius 3 is 2.75 bits per heavy atom. The fourth-order valence-electron chi connectivity index (χ4n) is 3.49. The average molecular weight is 471 g/mol. The second-order valence-electron chi connectivity index (χ2n) is 7.57. The maximum Gasteiger partial charge on any atom is 0.326 e. The number of ether oxygens (including phenoxy) is 1. The van der Waals surface area contributed by atoms with Crippen LogP contribution in [-0.2, 0) is 25.2 Å². The number of aliphatic hydroxyl groups is 2. The average Bonchev–Trinajstić information content (AvgIpc) is 3.28. The van der Waals surface area contributed by atoms with Crippen LogP contribution in [0.25, 0.3) is 11.2 Å². The summed E-state index contributed by atoms with van der Waals surface area (Å²) < 4.78 is 7.43. The number of carboxylic acid groups (broad SMARTS) is 1. The predicted molar refractivity (Wildman–Crippen MR) is 117 cm³/mol. The topological polar surface area (TPSA) is 212 Å². The number of fused-ring (bicyclic) bond motifs is 1. The van der Waals surface area contributed by atoms with Gasteiger partial charge in [0.2, 0.25) is 5.91 Å². The number of anilines is 1. The lowest BCUT2D eigenvalue weighted by Gasteiger charge is -2.17. The molecule has 13 nitrogen and oxygen atoms in total. The number of aliphatic hydroxyl groups excluding tert-OH is 2. The zero-order valence-corrected chi connectivity index (χ0v) is 18.3. The molecular formula is C18H28N7O6S+. The molecule has 8 N–H and O–H groups in total. The van der Waals surface area contributed by atoms with Crippen molar-refractivity contribution in [2.24, 2.45) is 5.73 Å². The van der Waals surface area contributed by atoms with Crippen molar-refractivity contribution in [2.45, 2.75) is 43.4 Å². The SMILES string of the molecule is C[S+](CC[C@H](NC(=O)CCN)C(=O)O)C[C@H]1O[C@@H](n2cnc3c(N)ncnc32)[C@H](O)[C@@H]1O. The quantitative estimate of drug-likeness (QED) is 0.201. The van der Waals surface area contributed by atoms with Gasteiger partial charge in [0.25, 0.3) is 0 Å². The van der Waals surface area contributed by atoms with Gasteiger partial charge in [-0.1, -0.05) is 0 Å². The normalized spacial score (nSPS) is 25.0. The van der Waals surface area contributed by atoms with Crippen LogP contribution < -0.4 is 16.8 Å².